The number of unbranched alkanes of at least 4 members (excludes halogenated alkanes) is 28. The topological polar surface area (TPSA) is 135 Å². The Morgan fingerprint density at radius 1 is 0.516 bits per heavy atom. The van der Waals surface area contributed by atoms with Gasteiger partial charge in [0.2, 0.25) is 0 Å². The smallest absolute Gasteiger partial charge is 0.306 e. The molecule has 9 nitrogen and oxygen atoms in total. The van der Waals surface area contributed by atoms with Crippen LogP contribution in [0.4, 0.5) is 0 Å². The number of aliphatic hydroxyl groups is 4. The number of hydrogen-bond donors (Lipinski definition) is 4. The minimum absolute atomic E-state index is 0.114. The minimum atomic E-state index is -1.54. The Balaban J connectivity index is 2.20. The molecule has 0 amide bonds. The van der Waals surface area contributed by atoms with Crippen molar-refractivity contribution in [2.45, 2.75) is 269 Å². The molecule has 0 aromatic rings. The fourth-order valence-electron chi connectivity index (χ4n) is 7.93. The highest BCUT2D eigenvalue weighted by molar-refractivity contribution is 5.69. The average Bonchev–Trinajstić information content (AvgIpc) is 3.27. The maximum atomic E-state index is 12.8. The van der Waals surface area contributed by atoms with Crippen molar-refractivity contribution in [1.29, 1.82) is 0 Å². The Morgan fingerprint density at radius 3 is 1.44 bits per heavy atom. The van der Waals surface area contributed by atoms with Crippen LogP contribution in [-0.4, -0.2) is 89.6 Å². The van der Waals surface area contributed by atoms with Gasteiger partial charge in [0.1, 0.15) is 30.5 Å². The summed E-state index contributed by atoms with van der Waals surface area (Å²) in [6, 6.07) is 0. The van der Waals surface area contributed by atoms with Gasteiger partial charge in [0.05, 0.1) is 19.8 Å². The normalized spacial score (nSPS) is 20.0. The predicted molar refractivity (Wildman–Crippen MR) is 256 cm³/mol. The van der Waals surface area contributed by atoms with Crippen LogP contribution in [0.3, 0.4) is 0 Å². The molecule has 0 aromatic carbocycles. The number of hydrogen-bond acceptors (Lipinski definition) is 9. The summed E-state index contributed by atoms with van der Waals surface area (Å²) < 4.78 is 22.9. The lowest BCUT2D eigenvalue weighted by atomic mass is 9.99. The Morgan fingerprint density at radius 2 is 0.935 bits per heavy atom. The van der Waals surface area contributed by atoms with Crippen molar-refractivity contribution >= 4 is 5.97 Å². The van der Waals surface area contributed by atoms with Gasteiger partial charge in [-0.15, -0.1) is 0 Å². The van der Waals surface area contributed by atoms with Gasteiger partial charge in [-0.05, 0) is 70.6 Å². The fraction of sp³-hybridized carbons (Fsp3) is 0.868. The van der Waals surface area contributed by atoms with E-state index in [0.29, 0.717) is 13.0 Å². The maximum absolute atomic E-state index is 12.8. The molecule has 1 heterocycles. The van der Waals surface area contributed by atoms with Crippen molar-refractivity contribution in [2.24, 2.45) is 0 Å². The largest absolute Gasteiger partial charge is 0.457 e. The zero-order valence-corrected chi connectivity index (χ0v) is 40.1. The molecular weight excluding hydrogens is 781 g/mol. The quantitative estimate of drug-likeness (QED) is 0.0268. The molecule has 0 aromatic heterocycles. The van der Waals surface area contributed by atoms with Crippen LogP contribution in [0.25, 0.3) is 0 Å². The van der Waals surface area contributed by atoms with Crippen LogP contribution in [0.1, 0.15) is 232 Å². The number of esters is 1. The molecule has 1 aliphatic heterocycles. The lowest BCUT2D eigenvalue weighted by Gasteiger charge is -2.39. The molecule has 1 aliphatic rings. The molecule has 9 heteroatoms. The summed E-state index contributed by atoms with van der Waals surface area (Å²) in [5.41, 5.74) is 0. The SMILES string of the molecule is CCCCC/C=C\C/C=C\CCCCCCCCCCCCOCC(COC1OC(CO)C(O)C(O)C1O)OC(=O)CCCCCCCCCCC/C=C\CCCCCCCC. The maximum Gasteiger partial charge on any atom is 0.306 e. The molecule has 6 unspecified atom stereocenters. The van der Waals surface area contributed by atoms with Crippen LogP contribution in [0.2, 0.25) is 0 Å². The van der Waals surface area contributed by atoms with Gasteiger partial charge in [0.15, 0.2) is 6.29 Å². The van der Waals surface area contributed by atoms with Gasteiger partial charge < -0.3 is 39.4 Å². The standard InChI is InChI=1S/C53H98O9/c1-3-5-7-9-11-13-15-17-19-21-23-25-27-29-31-33-35-37-39-41-43-59-45-47(46-60-53-52(58)51(57)50(56)48(44-54)62-53)61-49(55)42-40-38-36-34-32-30-28-26-24-22-20-18-16-14-12-10-8-6-4-2/h11,13,17-20,47-48,50-54,56-58H,3-10,12,14-16,21-46H2,1-2H3/b13-11-,19-17-,20-18-. The molecule has 0 bridgehead atoms. The summed E-state index contributed by atoms with van der Waals surface area (Å²) in [6.07, 6.45) is 47.4. The van der Waals surface area contributed by atoms with Crippen molar-refractivity contribution in [1.82, 2.24) is 0 Å². The van der Waals surface area contributed by atoms with Crippen molar-refractivity contribution < 1.29 is 44.2 Å². The van der Waals surface area contributed by atoms with Crippen LogP contribution in [0.5, 0.6) is 0 Å². The lowest BCUT2D eigenvalue weighted by molar-refractivity contribution is -0.305. The first-order valence-electron chi connectivity index (χ1n) is 26.1. The number of carbonyl (C=O) groups is 1. The van der Waals surface area contributed by atoms with Gasteiger partial charge in [0.25, 0.3) is 0 Å². The summed E-state index contributed by atoms with van der Waals surface area (Å²) >= 11 is 0. The number of rotatable bonds is 45. The first-order chi connectivity index (χ1) is 30.4. The second-order valence-corrected chi connectivity index (χ2v) is 18.0. The van der Waals surface area contributed by atoms with E-state index >= 15 is 0 Å². The summed E-state index contributed by atoms with van der Waals surface area (Å²) in [4.78, 5) is 12.8. The predicted octanol–water partition coefficient (Wildman–Crippen LogP) is 12.7. The zero-order valence-electron chi connectivity index (χ0n) is 40.1. The Labute approximate surface area is 380 Å². The first-order valence-corrected chi connectivity index (χ1v) is 26.1. The van der Waals surface area contributed by atoms with Crippen LogP contribution >= 0.6 is 0 Å². The highest BCUT2D eigenvalue weighted by atomic mass is 16.7. The third-order valence-corrected chi connectivity index (χ3v) is 12.0. The molecule has 0 radical (unpaired) electrons. The molecule has 1 saturated heterocycles. The first kappa shape index (κ1) is 58.4. The second kappa shape index (κ2) is 44.6. The van der Waals surface area contributed by atoms with E-state index in [1.54, 1.807) is 0 Å². The van der Waals surface area contributed by atoms with Gasteiger partial charge in [0, 0.05) is 13.0 Å². The van der Waals surface area contributed by atoms with Crippen LogP contribution in [0.15, 0.2) is 36.5 Å². The van der Waals surface area contributed by atoms with E-state index in [2.05, 4.69) is 50.3 Å². The molecule has 1 fully saturated rings. The van der Waals surface area contributed by atoms with E-state index in [0.717, 1.165) is 38.5 Å². The second-order valence-electron chi connectivity index (χ2n) is 18.0. The molecule has 62 heavy (non-hydrogen) atoms. The number of carbonyl (C=O) groups excluding carboxylic acids is 1. The van der Waals surface area contributed by atoms with Crippen molar-refractivity contribution in [2.75, 3.05) is 26.4 Å². The lowest BCUT2D eigenvalue weighted by Crippen LogP contribution is -2.59. The van der Waals surface area contributed by atoms with Gasteiger partial charge in [-0.2, -0.15) is 0 Å². The molecular formula is C53H98O9. The van der Waals surface area contributed by atoms with E-state index in [1.807, 2.05) is 0 Å². The zero-order chi connectivity index (χ0) is 45.0. The minimum Gasteiger partial charge on any atom is -0.457 e. The van der Waals surface area contributed by atoms with Crippen LogP contribution < -0.4 is 0 Å². The van der Waals surface area contributed by atoms with Gasteiger partial charge in [-0.1, -0.05) is 192 Å². The molecule has 1 rings (SSSR count). The number of aliphatic hydroxyl groups excluding tert-OH is 4. The summed E-state index contributed by atoms with van der Waals surface area (Å²) in [5, 5.41) is 40.3. The third-order valence-electron chi connectivity index (χ3n) is 12.0. The summed E-state index contributed by atoms with van der Waals surface area (Å²) in [5.74, 6) is -0.315. The van der Waals surface area contributed by atoms with Crippen LogP contribution in [-0.2, 0) is 23.7 Å². The van der Waals surface area contributed by atoms with E-state index in [1.165, 1.54) is 173 Å². The summed E-state index contributed by atoms with van der Waals surface area (Å²) in [7, 11) is 0. The Bertz CT molecular complexity index is 1050. The van der Waals surface area contributed by atoms with Gasteiger partial charge in [-0.25, -0.2) is 0 Å². The highest BCUT2D eigenvalue weighted by Gasteiger charge is 2.44. The molecule has 0 spiro atoms. The molecule has 0 saturated carbocycles. The summed E-state index contributed by atoms with van der Waals surface area (Å²) in [6.45, 7) is 4.55. The monoisotopic (exact) mass is 879 g/mol. The van der Waals surface area contributed by atoms with Crippen molar-refractivity contribution in [3.63, 3.8) is 0 Å². The molecule has 364 valence electrons. The van der Waals surface area contributed by atoms with Gasteiger partial charge in [-0.3, -0.25) is 4.79 Å². The number of ether oxygens (including phenoxy) is 4. The van der Waals surface area contributed by atoms with Crippen molar-refractivity contribution in [3.8, 4) is 0 Å². The fourth-order valence-corrected chi connectivity index (χ4v) is 7.93. The third kappa shape index (κ3) is 34.8. The van der Waals surface area contributed by atoms with E-state index < -0.39 is 43.4 Å². The van der Waals surface area contributed by atoms with Crippen molar-refractivity contribution in [3.05, 3.63) is 36.5 Å². The van der Waals surface area contributed by atoms with Crippen LogP contribution in [0, 0.1) is 0 Å². The van der Waals surface area contributed by atoms with E-state index in [-0.39, 0.29) is 19.2 Å². The Hall–Kier alpha value is -1.59. The van der Waals surface area contributed by atoms with Gasteiger partial charge >= 0.3 is 5.97 Å². The van der Waals surface area contributed by atoms with E-state index in [9.17, 15) is 25.2 Å². The van der Waals surface area contributed by atoms with E-state index in [4.69, 9.17) is 18.9 Å². The molecule has 6 atom stereocenters. The number of allylic oxidation sites excluding steroid dienone is 6. The Kier molecular flexibility index (Phi) is 42.0. The molecule has 0 aliphatic carbocycles. The molecule has 4 N–H and O–H groups in total. The average molecular weight is 879 g/mol. The highest BCUT2D eigenvalue weighted by Crippen LogP contribution is 2.23.